The predicted octanol–water partition coefficient (Wildman–Crippen LogP) is 12.2. The number of fused-ring (bicyclic) bond motifs is 3. The minimum atomic E-state index is 0.330. The summed E-state index contributed by atoms with van der Waals surface area (Å²) in [5, 5.41) is 7.57. The van der Waals surface area contributed by atoms with Crippen molar-refractivity contribution in [3.05, 3.63) is 119 Å². The Morgan fingerprint density at radius 1 is 0.860 bits per heavy atom. The third-order valence-electron chi connectivity index (χ3n) is 11.0. The zero-order valence-corrected chi connectivity index (χ0v) is 31.3. The van der Waals surface area contributed by atoms with Crippen molar-refractivity contribution in [2.75, 3.05) is 0 Å². The van der Waals surface area contributed by atoms with Crippen molar-refractivity contribution in [2.45, 2.75) is 93.4 Å². The number of pyridine rings is 1. The number of nitrogens with zero attached hydrogens (tertiary/aromatic N) is 4. The van der Waals surface area contributed by atoms with E-state index in [0.717, 1.165) is 52.6 Å². The van der Waals surface area contributed by atoms with E-state index in [0.29, 0.717) is 29.6 Å². The van der Waals surface area contributed by atoms with Crippen LogP contribution >= 0.6 is 0 Å². The van der Waals surface area contributed by atoms with Crippen molar-refractivity contribution >= 4 is 21.8 Å². The summed E-state index contributed by atoms with van der Waals surface area (Å²) in [5.74, 6) is 5.13. The van der Waals surface area contributed by atoms with Gasteiger partial charge in [-0.05, 0) is 111 Å². The Kier molecular flexibility index (Phi) is 9.19. The Bertz CT molecular complexity index is 2210. The summed E-state index contributed by atoms with van der Waals surface area (Å²) in [4.78, 5) is 4.83. The van der Waals surface area contributed by atoms with Gasteiger partial charge in [-0.25, -0.2) is 9.67 Å². The number of allylic oxidation sites excluding steroid dienone is 2. The number of benzene rings is 3. The normalized spacial score (nSPS) is 18.1. The molecule has 0 fully saturated rings. The maximum Gasteiger partial charge on any atom is 0.137 e. The molecule has 1 aliphatic rings. The Morgan fingerprint density at radius 3 is 2.38 bits per heavy atom. The molecule has 0 amide bonds. The highest BCUT2D eigenvalue weighted by molar-refractivity contribution is 6.09. The molecule has 1 aliphatic carbocycles. The molecule has 5 nitrogen and oxygen atoms in total. The molecule has 3 aromatic heterocycles. The van der Waals surface area contributed by atoms with Crippen LogP contribution < -0.4 is 4.74 Å². The first-order chi connectivity index (χ1) is 24.0. The summed E-state index contributed by atoms with van der Waals surface area (Å²) in [7, 11) is 0. The molecule has 0 aliphatic heterocycles. The summed E-state index contributed by atoms with van der Waals surface area (Å²) in [6.45, 7) is 20.6. The zero-order valence-electron chi connectivity index (χ0n) is 31.3. The predicted molar refractivity (Wildman–Crippen MR) is 208 cm³/mol. The van der Waals surface area contributed by atoms with Gasteiger partial charge in [0.15, 0.2) is 0 Å². The number of hydrogen-bond donors (Lipinski definition) is 0. The van der Waals surface area contributed by atoms with Gasteiger partial charge in [-0.3, -0.25) is 4.57 Å². The van der Waals surface area contributed by atoms with E-state index in [1.54, 1.807) is 0 Å². The maximum absolute atomic E-state index is 6.77. The Hall–Kier alpha value is -4.64. The molecule has 0 saturated heterocycles. The lowest BCUT2D eigenvalue weighted by Gasteiger charge is -2.35. The second-order valence-electron chi connectivity index (χ2n) is 15.3. The quantitative estimate of drug-likeness (QED) is 0.145. The molecular formula is C45H52N4O. The Morgan fingerprint density at radius 2 is 1.64 bits per heavy atom. The van der Waals surface area contributed by atoms with Gasteiger partial charge in [-0.15, -0.1) is 0 Å². The molecular weight excluding hydrogens is 613 g/mol. The molecule has 3 aromatic carbocycles. The highest BCUT2D eigenvalue weighted by Crippen LogP contribution is 2.45. The van der Waals surface area contributed by atoms with Crippen molar-refractivity contribution in [3.8, 4) is 23.0 Å². The van der Waals surface area contributed by atoms with Gasteiger partial charge in [0.05, 0.1) is 22.4 Å². The standard InChI is InChI=1S/C45H52N4O/c1-10-13-33-18-19-46-43(22-33)48-41-15-12-11-14-39(41)40-17-16-37(26-42(40)48)50-38-24-35(28(4)5)23-36(25-38)49-32(9)45(31(8)47-49)44-29(6)20-34(27(2)3)21-30(44)7/h11-12,14-20,22-28,30,34,44H,10,13,21H2,1-9H3/t30?,34-,44-/m0/s1. The van der Waals surface area contributed by atoms with Crippen molar-refractivity contribution in [1.29, 1.82) is 0 Å². The lowest BCUT2D eigenvalue weighted by atomic mass is 9.69. The molecule has 3 heterocycles. The van der Waals surface area contributed by atoms with E-state index < -0.39 is 0 Å². The molecule has 50 heavy (non-hydrogen) atoms. The first-order valence-corrected chi connectivity index (χ1v) is 18.6. The van der Waals surface area contributed by atoms with Gasteiger partial charge in [-0.1, -0.05) is 77.8 Å². The summed E-state index contributed by atoms with van der Waals surface area (Å²) in [6.07, 6.45) is 7.81. The number of aromatic nitrogens is 4. The highest BCUT2D eigenvalue weighted by atomic mass is 16.5. The number of para-hydroxylation sites is 1. The van der Waals surface area contributed by atoms with Gasteiger partial charge < -0.3 is 4.74 Å². The minimum Gasteiger partial charge on any atom is -0.457 e. The van der Waals surface area contributed by atoms with Gasteiger partial charge in [0.2, 0.25) is 0 Å². The molecule has 258 valence electrons. The van der Waals surface area contributed by atoms with Crippen molar-refractivity contribution in [1.82, 2.24) is 19.3 Å². The van der Waals surface area contributed by atoms with E-state index in [1.165, 1.54) is 45.2 Å². The van der Waals surface area contributed by atoms with E-state index in [-0.39, 0.29) is 0 Å². The Labute approximate surface area is 298 Å². The highest BCUT2D eigenvalue weighted by Gasteiger charge is 2.33. The summed E-state index contributed by atoms with van der Waals surface area (Å²) in [5.41, 5.74) is 11.0. The van der Waals surface area contributed by atoms with Crippen LogP contribution in [0.15, 0.2) is 90.6 Å². The maximum atomic E-state index is 6.77. The van der Waals surface area contributed by atoms with Crippen molar-refractivity contribution < 1.29 is 4.74 Å². The molecule has 6 aromatic rings. The van der Waals surface area contributed by atoms with Gasteiger partial charge >= 0.3 is 0 Å². The molecule has 0 spiro atoms. The molecule has 0 N–H and O–H groups in total. The van der Waals surface area contributed by atoms with Crippen LogP contribution in [0, 0.1) is 31.6 Å². The van der Waals surface area contributed by atoms with Crippen LogP contribution in [0.1, 0.15) is 101 Å². The lowest BCUT2D eigenvalue weighted by Crippen LogP contribution is -2.24. The molecule has 0 radical (unpaired) electrons. The smallest absolute Gasteiger partial charge is 0.137 e. The van der Waals surface area contributed by atoms with Gasteiger partial charge in [0.1, 0.15) is 17.3 Å². The zero-order chi connectivity index (χ0) is 35.3. The third-order valence-corrected chi connectivity index (χ3v) is 11.0. The first-order valence-electron chi connectivity index (χ1n) is 18.6. The average molecular weight is 665 g/mol. The molecule has 0 saturated carbocycles. The summed E-state index contributed by atoms with van der Waals surface area (Å²) in [6, 6.07) is 26.0. The monoisotopic (exact) mass is 664 g/mol. The van der Waals surface area contributed by atoms with E-state index in [1.807, 2.05) is 6.20 Å². The van der Waals surface area contributed by atoms with Crippen molar-refractivity contribution in [2.24, 2.45) is 17.8 Å². The van der Waals surface area contributed by atoms with Crippen LogP contribution in [-0.4, -0.2) is 19.3 Å². The minimum absolute atomic E-state index is 0.330. The van der Waals surface area contributed by atoms with E-state index in [4.69, 9.17) is 14.8 Å². The molecule has 0 bridgehead atoms. The first kappa shape index (κ1) is 33.8. The van der Waals surface area contributed by atoms with Crippen LogP contribution in [0.2, 0.25) is 0 Å². The van der Waals surface area contributed by atoms with E-state index >= 15 is 0 Å². The second kappa shape index (κ2) is 13.6. The molecule has 5 heteroatoms. The summed E-state index contributed by atoms with van der Waals surface area (Å²) >= 11 is 0. The topological polar surface area (TPSA) is 44.9 Å². The SMILES string of the molecule is CCCc1ccnc(-n2c3ccccc3c3ccc(Oc4cc(C(C)C)cc(-n5nc(C)c([C@H]6C(C)=C[C@H](C(C)C)CC6C)c5C)c4)cc32)c1. The van der Waals surface area contributed by atoms with Crippen LogP contribution in [-0.2, 0) is 6.42 Å². The van der Waals surface area contributed by atoms with Gasteiger partial charge in [-0.2, -0.15) is 5.10 Å². The molecule has 3 atom stereocenters. The number of hydrogen-bond acceptors (Lipinski definition) is 3. The fourth-order valence-electron chi connectivity index (χ4n) is 8.40. The number of ether oxygens (including phenoxy) is 1. The number of rotatable bonds is 9. The van der Waals surface area contributed by atoms with Crippen LogP contribution in [0.25, 0.3) is 33.3 Å². The Balaban J connectivity index is 1.29. The fourth-order valence-corrected chi connectivity index (χ4v) is 8.40. The van der Waals surface area contributed by atoms with Gasteiger partial charge in [0.25, 0.3) is 0 Å². The van der Waals surface area contributed by atoms with Crippen LogP contribution in [0.3, 0.4) is 0 Å². The third kappa shape index (κ3) is 6.16. The fraction of sp³-hybridized carbons (Fsp3) is 0.378. The van der Waals surface area contributed by atoms with Crippen LogP contribution in [0.5, 0.6) is 11.5 Å². The number of aryl methyl sites for hydroxylation is 2. The lowest BCUT2D eigenvalue weighted by molar-refractivity contribution is 0.317. The second-order valence-corrected chi connectivity index (χ2v) is 15.3. The largest absolute Gasteiger partial charge is 0.457 e. The van der Waals surface area contributed by atoms with E-state index in [9.17, 15) is 0 Å². The molecule has 1 unspecified atom stereocenters. The van der Waals surface area contributed by atoms with E-state index in [2.05, 4.69) is 150 Å². The van der Waals surface area contributed by atoms with Crippen molar-refractivity contribution in [3.63, 3.8) is 0 Å². The summed E-state index contributed by atoms with van der Waals surface area (Å²) < 4.78 is 11.2. The van der Waals surface area contributed by atoms with Crippen LogP contribution in [0.4, 0.5) is 0 Å². The molecule has 7 rings (SSSR count). The average Bonchev–Trinajstić information content (AvgIpc) is 3.57. The van der Waals surface area contributed by atoms with Gasteiger partial charge in [0, 0.05) is 46.3 Å².